The number of methoxy groups -OCH3 is 8. The van der Waals surface area contributed by atoms with Crippen molar-refractivity contribution in [3.8, 4) is 34.5 Å². The van der Waals surface area contributed by atoms with Crippen molar-refractivity contribution in [2.75, 3.05) is 56.9 Å². The maximum atomic E-state index is 14.0. The van der Waals surface area contributed by atoms with Gasteiger partial charge < -0.3 is 37.9 Å². The Kier molecular flexibility index (Phi) is 6.93. The molecule has 0 amide bonds. The summed E-state index contributed by atoms with van der Waals surface area (Å²) in [6.07, 6.45) is 0. The minimum absolute atomic E-state index is 0.0189. The Morgan fingerprint density at radius 2 is 0.738 bits per heavy atom. The van der Waals surface area contributed by atoms with Gasteiger partial charge in [-0.1, -0.05) is 0 Å². The number of hydrogen-bond acceptors (Lipinski definition) is 12. The van der Waals surface area contributed by atoms with Gasteiger partial charge in [0.05, 0.1) is 67.7 Å². The highest BCUT2D eigenvalue weighted by atomic mass is 16.5. The van der Waals surface area contributed by atoms with Gasteiger partial charge in [-0.3, -0.25) is 9.59 Å². The van der Waals surface area contributed by atoms with Gasteiger partial charge in [-0.25, -0.2) is 9.59 Å². The maximum Gasteiger partial charge on any atom is 0.342 e. The Morgan fingerprint density at radius 1 is 0.429 bits per heavy atom. The second-order valence-electron chi connectivity index (χ2n) is 9.02. The van der Waals surface area contributed by atoms with E-state index in [4.69, 9.17) is 37.9 Å². The first-order valence-electron chi connectivity index (χ1n) is 12.4. The van der Waals surface area contributed by atoms with Crippen LogP contribution in [0.4, 0.5) is 0 Å². The lowest BCUT2D eigenvalue weighted by atomic mass is 9.83. The third-order valence-corrected chi connectivity index (χ3v) is 7.40. The fraction of sp³-hybridized carbons (Fsp3) is 0.267. The number of carbonyl (C=O) groups is 2. The molecule has 0 unspecified atom stereocenters. The van der Waals surface area contributed by atoms with Crippen LogP contribution in [0.15, 0.2) is 21.7 Å². The molecule has 0 atom stereocenters. The molecule has 12 nitrogen and oxygen atoms in total. The van der Waals surface area contributed by atoms with E-state index in [0.29, 0.717) is 10.8 Å². The van der Waals surface area contributed by atoms with Gasteiger partial charge in [-0.2, -0.15) is 0 Å². The van der Waals surface area contributed by atoms with Crippen molar-refractivity contribution in [2.45, 2.75) is 0 Å². The third kappa shape index (κ3) is 3.47. The van der Waals surface area contributed by atoms with E-state index in [1.165, 1.54) is 54.8 Å². The highest BCUT2D eigenvalue weighted by Crippen LogP contribution is 2.53. The van der Waals surface area contributed by atoms with Gasteiger partial charge in [0.25, 0.3) is 0 Å². The maximum absolute atomic E-state index is 14.0. The summed E-state index contributed by atoms with van der Waals surface area (Å²) in [5, 5.41) is 1.03. The van der Waals surface area contributed by atoms with Crippen molar-refractivity contribution >= 4 is 55.0 Å². The molecule has 5 rings (SSSR count). The van der Waals surface area contributed by atoms with Crippen LogP contribution in [0.25, 0.3) is 43.1 Å². The topological polar surface area (TPSA) is 142 Å². The Labute approximate surface area is 237 Å². The Morgan fingerprint density at radius 3 is 1.00 bits per heavy atom. The summed E-state index contributed by atoms with van der Waals surface area (Å²) in [6, 6.07) is 3.01. The summed E-state index contributed by atoms with van der Waals surface area (Å²) >= 11 is 0. The zero-order valence-electron chi connectivity index (χ0n) is 24.1. The summed E-state index contributed by atoms with van der Waals surface area (Å²) in [5.41, 5.74) is -1.96. The van der Waals surface area contributed by atoms with E-state index in [1.807, 2.05) is 0 Å². The molecule has 0 bridgehead atoms. The molecular formula is C30H26O12. The molecule has 0 fully saturated rings. The number of rotatable bonds is 8. The van der Waals surface area contributed by atoms with Crippen LogP contribution in [0.3, 0.4) is 0 Å². The molecule has 0 saturated heterocycles. The molecule has 0 aliphatic heterocycles. The number of fused-ring (bicyclic) bond motifs is 2. The predicted molar refractivity (Wildman–Crippen MR) is 153 cm³/mol. The van der Waals surface area contributed by atoms with E-state index in [1.54, 1.807) is 0 Å². The third-order valence-electron chi connectivity index (χ3n) is 7.40. The average Bonchev–Trinajstić information content (AvgIpc) is 3.02. The molecule has 12 heteroatoms. The molecule has 5 aromatic rings. The standard InChI is InChI=1S/C30H26O12/c1-35-11-9-13(37-3)17-19-15(11)16-12(36-2)10-14(38-4)18-20(16)22(24(30(34)42-8)28(40-6)26(18)32)21(19)23(29(33)41-7)27(39-5)25(17)31/h9-10H,1-8H3. The lowest BCUT2D eigenvalue weighted by molar-refractivity contribution is 0.0588. The van der Waals surface area contributed by atoms with Crippen LogP contribution >= 0.6 is 0 Å². The minimum Gasteiger partial charge on any atom is -0.496 e. The first-order chi connectivity index (χ1) is 20.2. The van der Waals surface area contributed by atoms with E-state index in [2.05, 4.69) is 0 Å². The smallest absolute Gasteiger partial charge is 0.342 e. The predicted octanol–water partition coefficient (Wildman–Crippen LogP) is 3.52. The quantitative estimate of drug-likeness (QED) is 0.151. The molecule has 42 heavy (non-hydrogen) atoms. The van der Waals surface area contributed by atoms with E-state index in [9.17, 15) is 19.2 Å². The van der Waals surface area contributed by atoms with Gasteiger partial charge in [0, 0.05) is 44.5 Å². The molecule has 218 valence electrons. The van der Waals surface area contributed by atoms with Gasteiger partial charge in [0.15, 0.2) is 11.5 Å². The number of hydrogen-bond donors (Lipinski definition) is 0. The largest absolute Gasteiger partial charge is 0.496 e. The molecule has 0 aliphatic rings. The summed E-state index contributed by atoms with van der Waals surface area (Å²) < 4.78 is 43.9. The van der Waals surface area contributed by atoms with Crippen LogP contribution in [0, 0.1) is 0 Å². The van der Waals surface area contributed by atoms with Gasteiger partial charge in [-0.05, 0) is 0 Å². The average molecular weight is 579 g/mol. The van der Waals surface area contributed by atoms with Crippen molar-refractivity contribution in [1.29, 1.82) is 0 Å². The summed E-state index contributed by atoms with van der Waals surface area (Å²) in [6.45, 7) is 0. The highest BCUT2D eigenvalue weighted by molar-refractivity contribution is 6.41. The highest BCUT2D eigenvalue weighted by Gasteiger charge is 2.36. The molecule has 0 spiro atoms. The lowest BCUT2D eigenvalue weighted by Gasteiger charge is -2.24. The SMILES string of the molecule is COC(=O)c1c(OC)c(=O)c2c(OC)cc(OC)c3c4c(OC)cc(OC)c5c(=O)c(OC)c(C(=O)OC)c(c1c23)c54. The number of ether oxygens (including phenoxy) is 8. The Bertz CT molecular complexity index is 1900. The molecule has 0 aliphatic carbocycles. The number of esters is 2. The Balaban J connectivity index is 2.46. The lowest BCUT2D eigenvalue weighted by Crippen LogP contribution is -2.19. The van der Waals surface area contributed by atoms with Gasteiger partial charge >= 0.3 is 11.9 Å². The zero-order chi connectivity index (χ0) is 30.6. The zero-order valence-corrected chi connectivity index (χ0v) is 24.1. The van der Waals surface area contributed by atoms with Crippen LogP contribution in [-0.2, 0) is 9.47 Å². The van der Waals surface area contributed by atoms with E-state index >= 15 is 0 Å². The minimum atomic E-state index is -0.943. The second kappa shape index (κ2) is 10.3. The van der Waals surface area contributed by atoms with Gasteiger partial charge in [-0.15, -0.1) is 0 Å². The fourth-order valence-electron chi connectivity index (χ4n) is 5.78. The molecule has 0 heterocycles. The van der Waals surface area contributed by atoms with Crippen molar-refractivity contribution in [3.63, 3.8) is 0 Å². The monoisotopic (exact) mass is 578 g/mol. The van der Waals surface area contributed by atoms with E-state index < -0.39 is 22.8 Å². The molecular weight excluding hydrogens is 552 g/mol. The first-order valence-corrected chi connectivity index (χ1v) is 12.4. The molecule has 0 radical (unpaired) electrons. The van der Waals surface area contributed by atoms with Crippen LogP contribution < -0.4 is 39.3 Å². The van der Waals surface area contributed by atoms with Crippen molar-refractivity contribution in [2.24, 2.45) is 0 Å². The Hall–Kier alpha value is -5.26. The first kappa shape index (κ1) is 28.3. The molecule has 5 aromatic carbocycles. The molecule has 0 N–H and O–H groups in total. The van der Waals surface area contributed by atoms with Crippen molar-refractivity contribution in [3.05, 3.63) is 43.7 Å². The number of carbonyl (C=O) groups excluding carboxylic acids is 2. The second-order valence-corrected chi connectivity index (χ2v) is 9.02. The summed E-state index contributed by atoms with van der Waals surface area (Å²) in [5.74, 6) is -1.98. The molecule has 0 saturated carbocycles. The fourth-order valence-corrected chi connectivity index (χ4v) is 5.78. The summed E-state index contributed by atoms with van der Waals surface area (Å²) in [7, 11) is 10.3. The van der Waals surface area contributed by atoms with Crippen LogP contribution in [-0.4, -0.2) is 68.8 Å². The normalized spacial score (nSPS) is 11.2. The van der Waals surface area contributed by atoms with Crippen molar-refractivity contribution in [1.82, 2.24) is 0 Å². The molecule has 0 aromatic heterocycles. The van der Waals surface area contributed by atoms with Crippen LogP contribution in [0.1, 0.15) is 20.7 Å². The van der Waals surface area contributed by atoms with Crippen LogP contribution in [0.5, 0.6) is 34.5 Å². The van der Waals surface area contributed by atoms with Crippen molar-refractivity contribution < 1.29 is 47.5 Å². The summed E-state index contributed by atoms with van der Waals surface area (Å²) in [4.78, 5) is 55.0. The van der Waals surface area contributed by atoms with Gasteiger partial charge in [0.2, 0.25) is 10.9 Å². The van der Waals surface area contributed by atoms with E-state index in [-0.39, 0.29) is 77.9 Å². The van der Waals surface area contributed by atoms with E-state index in [0.717, 1.165) is 14.2 Å². The van der Waals surface area contributed by atoms with Gasteiger partial charge in [0.1, 0.15) is 34.1 Å². The number of benzene rings is 5. The van der Waals surface area contributed by atoms with Crippen LogP contribution in [0.2, 0.25) is 0 Å².